The third-order valence-electron chi connectivity index (χ3n) is 3.45. The second-order valence-corrected chi connectivity index (χ2v) is 11.0. The molecule has 0 atom stereocenters. The largest absolute Gasteiger partial charge is 0.452 e. The Bertz CT molecular complexity index is 491. The number of fused-ring (bicyclic) bond motifs is 1. The van der Waals surface area contributed by atoms with Crippen LogP contribution in [0.1, 0.15) is 11.1 Å². The van der Waals surface area contributed by atoms with E-state index in [4.69, 9.17) is 4.74 Å². The molecule has 2 rings (SSSR count). The molecule has 0 unspecified atom stereocenters. The molecule has 18 heavy (non-hydrogen) atoms. The van der Waals surface area contributed by atoms with Gasteiger partial charge in [-0.05, 0) is 30.5 Å². The van der Waals surface area contributed by atoms with E-state index in [-0.39, 0.29) is 6.09 Å². The van der Waals surface area contributed by atoms with Crippen molar-refractivity contribution >= 4 is 25.0 Å². The number of methoxy groups -OCH3 is 1. The molecule has 3 nitrogen and oxygen atoms in total. The van der Waals surface area contributed by atoms with Crippen LogP contribution in [-0.2, 0) is 11.2 Å². The van der Waals surface area contributed by atoms with Crippen LogP contribution in [0.25, 0.3) is 0 Å². The van der Waals surface area contributed by atoms with E-state index in [1.54, 1.807) is 4.90 Å². The summed E-state index contributed by atoms with van der Waals surface area (Å²) in [7, 11) is 0.0650. The van der Waals surface area contributed by atoms with Crippen LogP contribution in [0.2, 0.25) is 19.6 Å². The fraction of sp³-hybridized carbons (Fsp3) is 0.500. The number of benzene rings is 1. The lowest BCUT2D eigenvalue weighted by Gasteiger charge is -2.23. The van der Waals surface area contributed by atoms with Gasteiger partial charge < -0.3 is 4.74 Å². The molecule has 98 valence electrons. The van der Waals surface area contributed by atoms with Crippen LogP contribution in [-0.4, -0.2) is 27.8 Å². The first-order chi connectivity index (χ1) is 8.34. The molecule has 1 amide bonds. The van der Waals surface area contributed by atoms with Crippen molar-refractivity contribution in [3.8, 4) is 0 Å². The normalized spacial score (nSPS) is 14.6. The van der Waals surface area contributed by atoms with Crippen LogP contribution < -0.4 is 10.1 Å². The van der Waals surface area contributed by atoms with E-state index in [2.05, 4.69) is 38.7 Å². The molecule has 0 bridgehead atoms. The maximum absolute atomic E-state index is 11.8. The number of rotatable bonds is 1. The molecule has 1 aromatic carbocycles. The topological polar surface area (TPSA) is 29.5 Å². The Hall–Kier alpha value is -1.29. The first kappa shape index (κ1) is 13.1. The molecule has 1 heterocycles. The summed E-state index contributed by atoms with van der Waals surface area (Å²) in [6, 6.07) is 4.40. The molecule has 0 N–H and O–H groups in total. The fourth-order valence-corrected chi connectivity index (χ4v) is 4.43. The van der Waals surface area contributed by atoms with E-state index in [0.717, 1.165) is 18.7 Å². The molecular formula is C14H21NO2Si. The lowest BCUT2D eigenvalue weighted by atomic mass is 10.1. The SMILES string of the molecule is COC(=O)N1CCc2c1cc(C)cc2[Si](C)(C)C. The van der Waals surface area contributed by atoms with E-state index in [1.807, 2.05) is 0 Å². The summed E-state index contributed by atoms with van der Waals surface area (Å²) in [5.74, 6) is 0. The number of anilines is 1. The summed E-state index contributed by atoms with van der Waals surface area (Å²) in [5.41, 5.74) is 3.63. The van der Waals surface area contributed by atoms with Crippen molar-refractivity contribution in [1.29, 1.82) is 0 Å². The highest BCUT2D eigenvalue weighted by Crippen LogP contribution is 2.30. The molecule has 0 aliphatic carbocycles. The maximum Gasteiger partial charge on any atom is 0.414 e. The van der Waals surface area contributed by atoms with Gasteiger partial charge in [0, 0.05) is 6.54 Å². The minimum Gasteiger partial charge on any atom is -0.452 e. The Labute approximate surface area is 110 Å². The number of hydrogen-bond donors (Lipinski definition) is 0. The van der Waals surface area contributed by atoms with E-state index in [9.17, 15) is 4.79 Å². The van der Waals surface area contributed by atoms with Gasteiger partial charge >= 0.3 is 6.09 Å². The number of hydrogen-bond acceptors (Lipinski definition) is 2. The van der Waals surface area contributed by atoms with Crippen molar-refractivity contribution in [3.05, 3.63) is 23.3 Å². The number of nitrogens with zero attached hydrogens (tertiary/aromatic N) is 1. The molecule has 0 saturated carbocycles. The summed E-state index contributed by atoms with van der Waals surface area (Å²) in [6.07, 6.45) is 0.700. The van der Waals surface area contributed by atoms with Crippen molar-refractivity contribution in [3.63, 3.8) is 0 Å². The lowest BCUT2D eigenvalue weighted by molar-refractivity contribution is 0.179. The molecule has 1 aliphatic heterocycles. The Morgan fingerprint density at radius 1 is 1.33 bits per heavy atom. The first-order valence-electron chi connectivity index (χ1n) is 6.34. The van der Waals surface area contributed by atoms with E-state index >= 15 is 0 Å². The third kappa shape index (κ3) is 2.17. The average Bonchev–Trinajstić information content (AvgIpc) is 2.69. The maximum atomic E-state index is 11.8. The zero-order valence-electron chi connectivity index (χ0n) is 11.8. The van der Waals surface area contributed by atoms with Gasteiger partial charge in [-0.15, -0.1) is 0 Å². The highest BCUT2D eigenvalue weighted by molar-refractivity contribution is 6.89. The minimum atomic E-state index is -1.37. The molecule has 4 heteroatoms. The summed E-state index contributed by atoms with van der Waals surface area (Å²) in [6.45, 7) is 9.88. The zero-order valence-corrected chi connectivity index (χ0v) is 12.8. The van der Waals surface area contributed by atoms with Crippen LogP contribution in [0.5, 0.6) is 0 Å². The van der Waals surface area contributed by atoms with Crippen LogP contribution in [0, 0.1) is 6.92 Å². The van der Waals surface area contributed by atoms with Gasteiger partial charge in [-0.25, -0.2) is 4.79 Å². The van der Waals surface area contributed by atoms with Crippen molar-refractivity contribution in [2.45, 2.75) is 33.0 Å². The summed E-state index contributed by atoms with van der Waals surface area (Å²) in [4.78, 5) is 13.5. The van der Waals surface area contributed by atoms with Gasteiger partial charge in [-0.2, -0.15) is 0 Å². The minimum absolute atomic E-state index is 0.249. The molecule has 1 aromatic rings. The molecule has 0 fully saturated rings. The Kier molecular flexibility index (Phi) is 3.23. The molecular weight excluding hydrogens is 242 g/mol. The van der Waals surface area contributed by atoms with Gasteiger partial charge in [0.05, 0.1) is 20.9 Å². The molecule has 0 radical (unpaired) electrons. The first-order valence-corrected chi connectivity index (χ1v) is 9.84. The quantitative estimate of drug-likeness (QED) is 0.729. The second kappa shape index (κ2) is 4.43. The van der Waals surface area contributed by atoms with Gasteiger partial charge in [0.2, 0.25) is 0 Å². The Morgan fingerprint density at radius 2 is 2.00 bits per heavy atom. The summed E-state index contributed by atoms with van der Waals surface area (Å²) < 4.78 is 4.85. The van der Waals surface area contributed by atoms with Crippen LogP contribution in [0.15, 0.2) is 12.1 Å². The van der Waals surface area contributed by atoms with Gasteiger partial charge in [-0.1, -0.05) is 30.9 Å². The third-order valence-corrected chi connectivity index (χ3v) is 5.51. The van der Waals surface area contributed by atoms with Crippen LogP contribution >= 0.6 is 0 Å². The average molecular weight is 263 g/mol. The number of ether oxygens (including phenoxy) is 1. The number of carbonyl (C=O) groups excluding carboxylic acids is 1. The fourth-order valence-electron chi connectivity index (χ4n) is 2.61. The van der Waals surface area contributed by atoms with Crippen LogP contribution in [0.3, 0.4) is 0 Å². The summed E-state index contributed by atoms with van der Waals surface area (Å²) in [5, 5.41) is 1.48. The predicted molar refractivity (Wildman–Crippen MR) is 77.6 cm³/mol. The Balaban J connectivity index is 2.55. The van der Waals surface area contributed by atoms with Gasteiger partial charge in [0.25, 0.3) is 0 Å². The second-order valence-electron chi connectivity index (χ2n) is 5.93. The summed E-state index contributed by atoms with van der Waals surface area (Å²) >= 11 is 0. The molecule has 0 saturated heterocycles. The smallest absolute Gasteiger partial charge is 0.414 e. The molecule has 0 aromatic heterocycles. The van der Waals surface area contributed by atoms with Crippen LogP contribution in [0.4, 0.5) is 10.5 Å². The number of amides is 1. The van der Waals surface area contributed by atoms with E-state index in [1.165, 1.54) is 23.4 Å². The van der Waals surface area contributed by atoms with E-state index in [0.29, 0.717) is 0 Å². The van der Waals surface area contributed by atoms with Gasteiger partial charge in [0.1, 0.15) is 0 Å². The van der Waals surface area contributed by atoms with Crippen molar-refractivity contribution < 1.29 is 9.53 Å². The number of carbonyl (C=O) groups is 1. The Morgan fingerprint density at radius 3 is 2.56 bits per heavy atom. The van der Waals surface area contributed by atoms with Crippen molar-refractivity contribution in [2.75, 3.05) is 18.6 Å². The standard InChI is InChI=1S/C14H21NO2Si/c1-10-8-12-11(13(9-10)18(3,4)5)6-7-15(12)14(16)17-2/h8-9H,6-7H2,1-5H3. The highest BCUT2D eigenvalue weighted by atomic mass is 28.3. The monoisotopic (exact) mass is 263 g/mol. The highest BCUT2D eigenvalue weighted by Gasteiger charge is 2.31. The van der Waals surface area contributed by atoms with E-state index < -0.39 is 8.07 Å². The predicted octanol–water partition coefficient (Wildman–Crippen LogP) is 2.67. The molecule has 0 spiro atoms. The zero-order chi connectivity index (χ0) is 13.5. The lowest BCUT2D eigenvalue weighted by Crippen LogP contribution is -2.40. The van der Waals surface area contributed by atoms with Crippen molar-refractivity contribution in [2.24, 2.45) is 0 Å². The van der Waals surface area contributed by atoms with Gasteiger partial charge in [0.15, 0.2) is 0 Å². The molecule has 1 aliphatic rings. The van der Waals surface area contributed by atoms with Crippen molar-refractivity contribution in [1.82, 2.24) is 0 Å². The van der Waals surface area contributed by atoms with Gasteiger partial charge in [-0.3, -0.25) is 4.90 Å². The number of aryl methyl sites for hydroxylation is 1.